The van der Waals surface area contributed by atoms with Gasteiger partial charge >= 0.3 is 5.97 Å². The minimum atomic E-state index is -1.03. The molecule has 2 aromatic rings. The molecular formula is C19H16FNO3S. The number of hydrogen-bond acceptors (Lipinski definition) is 4. The van der Waals surface area contributed by atoms with Gasteiger partial charge in [-0.1, -0.05) is 36.0 Å². The highest BCUT2D eigenvalue weighted by atomic mass is 32.2. The summed E-state index contributed by atoms with van der Waals surface area (Å²) in [6.07, 6.45) is 0.214. The van der Waals surface area contributed by atoms with Gasteiger partial charge < -0.3 is 4.74 Å². The number of fused-ring (bicyclic) bond motifs is 3. The van der Waals surface area contributed by atoms with E-state index in [1.807, 2.05) is 24.3 Å². The molecule has 0 N–H and O–H groups in total. The van der Waals surface area contributed by atoms with Gasteiger partial charge in [0.05, 0.1) is 5.69 Å². The standard InChI is InChI=1S/C19H16FNO3S/c1-12(13-6-8-14(20)9-7-13)24-18(23)19-11-10-17(22)21(19)15-4-2-3-5-16(15)25-19/h2-9,12H,10-11H2,1H3/t12-,19+/m0/s1. The van der Waals surface area contributed by atoms with E-state index in [9.17, 15) is 14.0 Å². The van der Waals surface area contributed by atoms with Crippen molar-refractivity contribution in [1.82, 2.24) is 0 Å². The maximum atomic E-state index is 13.1. The third kappa shape index (κ3) is 2.52. The molecule has 1 fully saturated rings. The number of hydrogen-bond donors (Lipinski definition) is 0. The van der Waals surface area contributed by atoms with E-state index in [0.29, 0.717) is 18.4 Å². The van der Waals surface area contributed by atoms with Crippen molar-refractivity contribution in [3.8, 4) is 0 Å². The van der Waals surface area contributed by atoms with Gasteiger partial charge in [0.15, 0.2) is 4.87 Å². The van der Waals surface area contributed by atoms with Gasteiger partial charge in [0.2, 0.25) is 5.91 Å². The molecule has 0 radical (unpaired) electrons. The first-order chi connectivity index (χ1) is 12.0. The van der Waals surface area contributed by atoms with E-state index in [2.05, 4.69) is 0 Å². The molecule has 0 aliphatic carbocycles. The molecule has 2 heterocycles. The minimum Gasteiger partial charge on any atom is -0.455 e. The van der Waals surface area contributed by atoms with E-state index in [-0.39, 0.29) is 11.7 Å². The van der Waals surface area contributed by atoms with E-state index >= 15 is 0 Å². The van der Waals surface area contributed by atoms with Crippen LogP contribution in [0.25, 0.3) is 0 Å². The predicted molar refractivity (Wildman–Crippen MR) is 92.7 cm³/mol. The topological polar surface area (TPSA) is 46.6 Å². The minimum absolute atomic E-state index is 0.0659. The lowest BCUT2D eigenvalue weighted by atomic mass is 10.1. The number of halogens is 1. The van der Waals surface area contributed by atoms with Gasteiger partial charge in [-0.3, -0.25) is 9.69 Å². The first-order valence-electron chi connectivity index (χ1n) is 8.09. The first-order valence-corrected chi connectivity index (χ1v) is 8.90. The molecule has 0 spiro atoms. The molecule has 0 bridgehead atoms. The van der Waals surface area contributed by atoms with Crippen LogP contribution in [0.2, 0.25) is 0 Å². The third-order valence-electron chi connectivity index (χ3n) is 4.62. The van der Waals surface area contributed by atoms with Crippen molar-refractivity contribution in [1.29, 1.82) is 0 Å². The number of rotatable bonds is 3. The maximum absolute atomic E-state index is 13.1. The van der Waals surface area contributed by atoms with Gasteiger partial charge in [-0.2, -0.15) is 0 Å². The molecule has 2 atom stereocenters. The van der Waals surface area contributed by atoms with Crippen molar-refractivity contribution < 1.29 is 18.7 Å². The Balaban J connectivity index is 1.61. The molecule has 1 amide bonds. The lowest BCUT2D eigenvalue weighted by Crippen LogP contribution is -2.48. The van der Waals surface area contributed by atoms with E-state index in [0.717, 1.165) is 10.6 Å². The monoisotopic (exact) mass is 357 g/mol. The zero-order valence-corrected chi connectivity index (χ0v) is 14.4. The Morgan fingerprint density at radius 2 is 1.96 bits per heavy atom. The Kier molecular flexibility index (Phi) is 3.80. The van der Waals surface area contributed by atoms with Gasteiger partial charge in [0, 0.05) is 17.7 Å². The maximum Gasteiger partial charge on any atom is 0.344 e. The van der Waals surface area contributed by atoms with Crippen LogP contribution >= 0.6 is 11.8 Å². The number of para-hydroxylation sites is 1. The summed E-state index contributed by atoms with van der Waals surface area (Å²) < 4.78 is 18.7. The normalized spacial score (nSPS) is 22.5. The van der Waals surface area contributed by atoms with Crippen molar-refractivity contribution in [2.24, 2.45) is 0 Å². The fourth-order valence-electron chi connectivity index (χ4n) is 3.33. The molecule has 4 nitrogen and oxygen atoms in total. The fourth-order valence-corrected chi connectivity index (χ4v) is 4.73. The fraction of sp³-hybridized carbons (Fsp3) is 0.263. The SMILES string of the molecule is C[C@H](OC(=O)[C@]12CCC(=O)N1c1ccccc1S2)c1ccc(F)cc1. The molecule has 6 heteroatoms. The summed E-state index contributed by atoms with van der Waals surface area (Å²) in [6.45, 7) is 1.75. The molecule has 2 aliphatic rings. The second kappa shape index (κ2) is 5.88. The average Bonchev–Trinajstić information content (AvgIpc) is 3.11. The van der Waals surface area contributed by atoms with Crippen molar-refractivity contribution in [3.05, 3.63) is 59.9 Å². The molecule has 2 aromatic carbocycles. The Morgan fingerprint density at radius 3 is 2.72 bits per heavy atom. The molecule has 0 saturated carbocycles. The van der Waals surface area contributed by atoms with Crippen LogP contribution < -0.4 is 4.90 Å². The zero-order valence-electron chi connectivity index (χ0n) is 13.6. The lowest BCUT2D eigenvalue weighted by molar-refractivity contribution is -0.151. The summed E-state index contributed by atoms with van der Waals surface area (Å²) in [5.74, 6) is -0.838. The summed E-state index contributed by atoms with van der Waals surface area (Å²) in [5.41, 5.74) is 1.48. The number of carbonyl (C=O) groups is 2. The second-order valence-electron chi connectivity index (χ2n) is 6.18. The van der Waals surface area contributed by atoms with Crippen LogP contribution in [-0.4, -0.2) is 16.7 Å². The predicted octanol–water partition coefficient (Wildman–Crippen LogP) is 4.06. The number of esters is 1. The molecule has 128 valence electrons. The van der Waals surface area contributed by atoms with Crippen molar-refractivity contribution in [2.75, 3.05) is 4.90 Å². The summed E-state index contributed by atoms with van der Waals surface area (Å²) >= 11 is 1.38. The van der Waals surface area contributed by atoms with Gasteiger partial charge in [-0.25, -0.2) is 9.18 Å². The number of ether oxygens (including phenoxy) is 1. The third-order valence-corrected chi connectivity index (χ3v) is 6.07. The van der Waals surface area contributed by atoms with Crippen LogP contribution in [0.1, 0.15) is 31.4 Å². The van der Waals surface area contributed by atoms with Gasteiger partial charge in [-0.15, -0.1) is 0 Å². The number of benzene rings is 2. The molecule has 0 aromatic heterocycles. The largest absolute Gasteiger partial charge is 0.455 e. The number of nitrogens with zero attached hydrogens (tertiary/aromatic N) is 1. The van der Waals surface area contributed by atoms with Crippen LogP contribution in [0, 0.1) is 5.82 Å². The van der Waals surface area contributed by atoms with Crippen molar-refractivity contribution in [3.63, 3.8) is 0 Å². The molecule has 2 aliphatic heterocycles. The number of amides is 1. The van der Waals surface area contributed by atoms with Crippen LogP contribution in [0.3, 0.4) is 0 Å². The molecule has 0 unspecified atom stereocenters. The van der Waals surface area contributed by atoms with Gasteiger partial charge in [-0.05, 0) is 36.8 Å². The summed E-state index contributed by atoms with van der Waals surface area (Å²) in [7, 11) is 0. The molecule has 4 rings (SSSR count). The smallest absolute Gasteiger partial charge is 0.344 e. The average molecular weight is 357 g/mol. The summed E-state index contributed by atoms with van der Waals surface area (Å²) in [5, 5.41) is 0. The van der Waals surface area contributed by atoms with Crippen LogP contribution in [0.4, 0.5) is 10.1 Å². The van der Waals surface area contributed by atoms with E-state index in [1.165, 1.54) is 23.9 Å². The number of thioether (sulfide) groups is 1. The Hall–Kier alpha value is -2.34. The Labute approximate surface area is 149 Å². The Morgan fingerprint density at radius 1 is 1.24 bits per heavy atom. The highest BCUT2D eigenvalue weighted by Crippen LogP contribution is 2.56. The summed E-state index contributed by atoms with van der Waals surface area (Å²) in [6, 6.07) is 13.4. The van der Waals surface area contributed by atoms with Gasteiger partial charge in [0.1, 0.15) is 11.9 Å². The van der Waals surface area contributed by atoms with Crippen LogP contribution in [0.5, 0.6) is 0 Å². The quantitative estimate of drug-likeness (QED) is 0.777. The zero-order chi connectivity index (χ0) is 17.6. The van der Waals surface area contributed by atoms with Crippen LogP contribution in [0.15, 0.2) is 53.4 Å². The second-order valence-corrected chi connectivity index (χ2v) is 7.50. The first kappa shape index (κ1) is 16.1. The van der Waals surface area contributed by atoms with E-state index < -0.39 is 16.9 Å². The molecular weight excluding hydrogens is 341 g/mol. The molecule has 1 saturated heterocycles. The van der Waals surface area contributed by atoms with Gasteiger partial charge in [0.25, 0.3) is 0 Å². The van der Waals surface area contributed by atoms with Crippen LogP contribution in [-0.2, 0) is 14.3 Å². The van der Waals surface area contributed by atoms with Crippen molar-refractivity contribution >= 4 is 29.3 Å². The van der Waals surface area contributed by atoms with E-state index in [1.54, 1.807) is 24.0 Å². The number of anilines is 1. The number of carbonyl (C=O) groups excluding carboxylic acids is 2. The lowest BCUT2D eigenvalue weighted by Gasteiger charge is -2.30. The molecule has 25 heavy (non-hydrogen) atoms. The highest BCUT2D eigenvalue weighted by molar-refractivity contribution is 8.02. The highest BCUT2D eigenvalue weighted by Gasteiger charge is 2.58. The van der Waals surface area contributed by atoms with Crippen molar-refractivity contribution in [2.45, 2.75) is 35.6 Å². The Bertz CT molecular complexity index is 854. The summed E-state index contributed by atoms with van der Waals surface area (Å²) in [4.78, 5) is 26.8. The van der Waals surface area contributed by atoms with E-state index in [4.69, 9.17) is 4.74 Å².